The van der Waals surface area contributed by atoms with Crippen molar-refractivity contribution >= 4 is 28.6 Å². The number of aromatic nitrogens is 1. The molecule has 1 aliphatic heterocycles. The van der Waals surface area contributed by atoms with Gasteiger partial charge < -0.3 is 20.1 Å². The van der Waals surface area contributed by atoms with Crippen molar-refractivity contribution in [2.75, 3.05) is 20.1 Å². The minimum atomic E-state index is -1.10. The largest absolute Gasteiger partial charge is 0.354 e. The summed E-state index contributed by atoms with van der Waals surface area (Å²) in [5, 5.41) is 6.48. The van der Waals surface area contributed by atoms with Crippen LogP contribution in [0.15, 0.2) is 60.7 Å². The van der Waals surface area contributed by atoms with Gasteiger partial charge in [-0.3, -0.25) is 14.4 Å². The minimum Gasteiger partial charge on any atom is -0.354 e. The number of hydrogen-bond donors (Lipinski definition) is 2. The highest BCUT2D eigenvalue weighted by atomic mass is 16.2. The molecule has 1 aliphatic rings. The molecule has 0 saturated heterocycles. The van der Waals surface area contributed by atoms with Gasteiger partial charge in [-0.2, -0.15) is 0 Å². The van der Waals surface area contributed by atoms with E-state index < -0.39 is 5.54 Å². The summed E-state index contributed by atoms with van der Waals surface area (Å²) in [6.07, 6.45) is 0.721. The second-order valence-corrected chi connectivity index (χ2v) is 8.08. The van der Waals surface area contributed by atoms with Crippen LogP contribution in [0.2, 0.25) is 0 Å². The third-order valence-corrected chi connectivity index (χ3v) is 6.02. The molecule has 3 aromatic rings. The van der Waals surface area contributed by atoms with Gasteiger partial charge >= 0.3 is 0 Å². The molecule has 0 spiro atoms. The summed E-state index contributed by atoms with van der Waals surface area (Å²) in [5.74, 6) is -0.831. The maximum atomic E-state index is 13.0. The highest BCUT2D eigenvalue weighted by Gasteiger charge is 2.45. The third-order valence-electron chi connectivity index (χ3n) is 6.02. The number of nitrogens with one attached hydrogen (secondary N) is 2. The highest BCUT2D eigenvalue weighted by Crippen LogP contribution is 2.31. The molecule has 0 bridgehead atoms. The Balaban J connectivity index is 1.39. The van der Waals surface area contributed by atoms with E-state index in [1.165, 1.54) is 4.90 Å². The topological polar surface area (TPSA) is 83.4 Å². The summed E-state index contributed by atoms with van der Waals surface area (Å²) in [4.78, 5) is 39.7. The zero-order valence-electron chi connectivity index (χ0n) is 17.7. The minimum absolute atomic E-state index is 0.134. The number of para-hydroxylation sites is 1. The second kappa shape index (κ2) is 8.26. The van der Waals surface area contributed by atoms with E-state index >= 15 is 0 Å². The van der Waals surface area contributed by atoms with Crippen LogP contribution < -0.4 is 10.6 Å². The molecule has 3 amide bonds. The number of carbonyl (C=O) groups is 3. The molecular formula is C24H26N4O3. The molecule has 0 radical (unpaired) electrons. The average molecular weight is 418 g/mol. The van der Waals surface area contributed by atoms with Gasteiger partial charge in [0.1, 0.15) is 11.2 Å². The number of benzene rings is 2. The number of nitrogens with zero attached hydrogens (tertiary/aromatic N) is 2. The average Bonchev–Trinajstić information content (AvgIpc) is 3.15. The zero-order valence-corrected chi connectivity index (χ0v) is 17.7. The fourth-order valence-corrected chi connectivity index (χ4v) is 4.00. The van der Waals surface area contributed by atoms with E-state index in [0.717, 1.165) is 22.9 Å². The van der Waals surface area contributed by atoms with Crippen LogP contribution in [0.5, 0.6) is 0 Å². The van der Waals surface area contributed by atoms with Crippen molar-refractivity contribution in [3.05, 3.63) is 71.9 Å². The summed E-state index contributed by atoms with van der Waals surface area (Å²) in [6.45, 7) is 2.41. The van der Waals surface area contributed by atoms with Crippen LogP contribution >= 0.6 is 0 Å². The Labute approximate surface area is 181 Å². The van der Waals surface area contributed by atoms with Gasteiger partial charge in [0.15, 0.2) is 0 Å². The van der Waals surface area contributed by atoms with Crippen LogP contribution in [0.4, 0.5) is 0 Å². The quantitative estimate of drug-likeness (QED) is 0.642. The van der Waals surface area contributed by atoms with E-state index in [4.69, 9.17) is 0 Å². The number of hydrogen-bond acceptors (Lipinski definition) is 3. The Morgan fingerprint density at radius 3 is 2.52 bits per heavy atom. The molecule has 0 fully saturated rings. The van der Waals surface area contributed by atoms with Crippen molar-refractivity contribution in [2.24, 2.45) is 0 Å². The van der Waals surface area contributed by atoms with Gasteiger partial charge in [0.25, 0.3) is 5.91 Å². The molecule has 4 rings (SSSR count). The van der Waals surface area contributed by atoms with Gasteiger partial charge in [-0.05, 0) is 31.0 Å². The summed E-state index contributed by atoms with van der Waals surface area (Å²) in [5.41, 5.74) is 1.51. The number of rotatable bonds is 6. The van der Waals surface area contributed by atoms with E-state index in [0.29, 0.717) is 18.8 Å². The Morgan fingerprint density at radius 1 is 1.03 bits per heavy atom. The van der Waals surface area contributed by atoms with Gasteiger partial charge in [-0.25, -0.2) is 0 Å². The fraction of sp³-hybridized carbons (Fsp3) is 0.292. The van der Waals surface area contributed by atoms with Crippen molar-refractivity contribution < 1.29 is 14.4 Å². The predicted octanol–water partition coefficient (Wildman–Crippen LogP) is 1.96. The summed E-state index contributed by atoms with van der Waals surface area (Å²) in [7, 11) is 1.63. The lowest BCUT2D eigenvalue weighted by molar-refractivity contribution is -0.134. The Bertz CT molecular complexity index is 1140. The van der Waals surface area contributed by atoms with E-state index in [1.807, 2.05) is 65.2 Å². The highest BCUT2D eigenvalue weighted by molar-refractivity contribution is 6.03. The molecule has 1 atom stereocenters. The van der Waals surface area contributed by atoms with Crippen molar-refractivity contribution in [1.29, 1.82) is 0 Å². The molecule has 0 aliphatic carbocycles. The molecule has 2 N–H and O–H groups in total. The van der Waals surface area contributed by atoms with E-state index in [9.17, 15) is 14.4 Å². The summed E-state index contributed by atoms with van der Waals surface area (Å²) >= 11 is 0. The van der Waals surface area contributed by atoms with E-state index in [2.05, 4.69) is 10.6 Å². The van der Waals surface area contributed by atoms with Crippen LogP contribution in [-0.2, 0) is 22.6 Å². The molecule has 7 nitrogen and oxygen atoms in total. The van der Waals surface area contributed by atoms with Crippen LogP contribution in [0, 0.1) is 0 Å². The van der Waals surface area contributed by atoms with Crippen molar-refractivity contribution in [3.63, 3.8) is 0 Å². The van der Waals surface area contributed by atoms with Gasteiger partial charge in [-0.1, -0.05) is 48.5 Å². The Hall–Kier alpha value is -3.61. The van der Waals surface area contributed by atoms with Gasteiger partial charge in [0.2, 0.25) is 11.8 Å². The molecule has 31 heavy (non-hydrogen) atoms. The van der Waals surface area contributed by atoms with Crippen molar-refractivity contribution in [3.8, 4) is 0 Å². The maximum Gasteiger partial charge on any atom is 0.271 e. The third kappa shape index (κ3) is 3.91. The first-order valence-corrected chi connectivity index (χ1v) is 10.4. The lowest BCUT2D eigenvalue weighted by Crippen LogP contribution is -2.63. The van der Waals surface area contributed by atoms with Crippen LogP contribution in [0.1, 0.15) is 23.0 Å². The number of likely N-dealkylation sites (N-methyl/N-ethyl adjacent to an activating group) is 1. The van der Waals surface area contributed by atoms with E-state index in [-0.39, 0.29) is 24.3 Å². The zero-order chi connectivity index (χ0) is 22.0. The normalized spacial score (nSPS) is 18.0. The van der Waals surface area contributed by atoms with Crippen LogP contribution in [0.25, 0.3) is 10.9 Å². The first-order chi connectivity index (χ1) is 14.9. The summed E-state index contributed by atoms with van der Waals surface area (Å²) < 4.78 is 1.89. The molecule has 160 valence electrons. The lowest BCUT2D eigenvalue weighted by Gasteiger charge is -2.41. The second-order valence-electron chi connectivity index (χ2n) is 8.08. The first kappa shape index (κ1) is 20.7. The van der Waals surface area contributed by atoms with Gasteiger partial charge in [0.05, 0.1) is 13.1 Å². The molecule has 0 saturated carbocycles. The molecule has 2 heterocycles. The van der Waals surface area contributed by atoms with Crippen LogP contribution in [0.3, 0.4) is 0 Å². The summed E-state index contributed by atoms with van der Waals surface area (Å²) in [6, 6.07) is 19.4. The predicted molar refractivity (Wildman–Crippen MR) is 119 cm³/mol. The standard InChI is InChI=1S/C24H26N4O3/c1-24(23(31)26-15-21(29)25-13-12-17-8-4-3-5-9-17)16-28-19-11-7-6-10-18(19)14-20(28)22(30)27(24)2/h3-11,14H,12-13,15-16H2,1-2H3,(H,25,29)(H,26,31)/t24-/m0/s1. The molecular weight excluding hydrogens is 392 g/mol. The monoisotopic (exact) mass is 418 g/mol. The molecule has 2 aromatic carbocycles. The Morgan fingerprint density at radius 2 is 1.74 bits per heavy atom. The molecule has 7 heteroatoms. The molecule has 0 unspecified atom stereocenters. The van der Waals surface area contributed by atoms with Gasteiger partial charge in [-0.15, -0.1) is 0 Å². The van der Waals surface area contributed by atoms with Crippen LogP contribution in [-0.4, -0.2) is 52.9 Å². The van der Waals surface area contributed by atoms with Crippen molar-refractivity contribution in [2.45, 2.75) is 25.4 Å². The maximum absolute atomic E-state index is 13.0. The van der Waals surface area contributed by atoms with Gasteiger partial charge in [0, 0.05) is 24.5 Å². The van der Waals surface area contributed by atoms with E-state index in [1.54, 1.807) is 14.0 Å². The number of amides is 3. The van der Waals surface area contributed by atoms with Crippen molar-refractivity contribution in [1.82, 2.24) is 20.1 Å². The smallest absolute Gasteiger partial charge is 0.271 e. The fourth-order valence-electron chi connectivity index (χ4n) is 4.00. The first-order valence-electron chi connectivity index (χ1n) is 10.4. The Kier molecular flexibility index (Phi) is 5.50. The number of carbonyl (C=O) groups excluding carboxylic acids is 3. The lowest BCUT2D eigenvalue weighted by atomic mass is 9.95. The SMILES string of the molecule is CN1C(=O)c2cc3ccccc3n2C[C@@]1(C)C(=O)NCC(=O)NCCc1ccccc1. The molecule has 1 aromatic heterocycles. The number of fused-ring (bicyclic) bond motifs is 3.